The number of alkyl halides is 2. The van der Waals surface area contributed by atoms with E-state index in [1.54, 1.807) is 11.6 Å². The van der Waals surface area contributed by atoms with Gasteiger partial charge in [0.05, 0.1) is 17.8 Å². The number of nitrogens with zero attached hydrogens (tertiary/aromatic N) is 2. The van der Waals surface area contributed by atoms with Crippen LogP contribution < -0.4 is 14.8 Å². The summed E-state index contributed by atoms with van der Waals surface area (Å²) >= 11 is 0. The van der Waals surface area contributed by atoms with Crippen LogP contribution >= 0.6 is 0 Å². The van der Waals surface area contributed by atoms with Gasteiger partial charge in [0.25, 0.3) is 5.91 Å². The molecule has 0 bridgehead atoms. The van der Waals surface area contributed by atoms with Crippen LogP contribution in [0.5, 0.6) is 11.5 Å². The van der Waals surface area contributed by atoms with Crippen LogP contribution in [0.15, 0.2) is 48.5 Å². The van der Waals surface area contributed by atoms with Crippen molar-refractivity contribution in [3.05, 3.63) is 71.0 Å². The number of aromatic nitrogens is 2. The van der Waals surface area contributed by atoms with Crippen LogP contribution in [0.25, 0.3) is 0 Å². The van der Waals surface area contributed by atoms with Crippen LogP contribution in [0, 0.1) is 13.8 Å². The predicted molar refractivity (Wildman–Crippen MR) is 97.8 cm³/mol. The highest BCUT2D eigenvalue weighted by atomic mass is 19.3. The van der Waals surface area contributed by atoms with Crippen molar-refractivity contribution in [3.63, 3.8) is 0 Å². The van der Waals surface area contributed by atoms with E-state index in [0.29, 0.717) is 29.2 Å². The minimum atomic E-state index is -3.70. The molecule has 0 spiro atoms. The van der Waals surface area contributed by atoms with E-state index in [1.165, 1.54) is 18.2 Å². The molecule has 1 aromatic heterocycles. The zero-order valence-corrected chi connectivity index (χ0v) is 15.2. The number of ether oxygens (including phenoxy) is 2. The summed E-state index contributed by atoms with van der Waals surface area (Å²) in [5, 5.41) is 7.16. The second-order valence-electron chi connectivity index (χ2n) is 6.47. The molecule has 0 unspecified atom stereocenters. The van der Waals surface area contributed by atoms with Crippen molar-refractivity contribution >= 4 is 11.6 Å². The number of benzene rings is 2. The molecule has 28 heavy (non-hydrogen) atoms. The molecule has 3 aromatic rings. The van der Waals surface area contributed by atoms with E-state index in [9.17, 15) is 13.6 Å². The Balaban J connectivity index is 1.55. The smallest absolute Gasteiger partial charge is 0.395 e. The van der Waals surface area contributed by atoms with E-state index in [-0.39, 0.29) is 17.4 Å². The fourth-order valence-corrected chi connectivity index (χ4v) is 3.16. The molecule has 1 aliphatic heterocycles. The molecule has 0 fully saturated rings. The van der Waals surface area contributed by atoms with E-state index in [1.807, 2.05) is 37.3 Å². The Hall–Kier alpha value is -3.42. The van der Waals surface area contributed by atoms with Crippen molar-refractivity contribution < 1.29 is 23.0 Å². The number of hydrogen-bond acceptors (Lipinski definition) is 4. The number of halogens is 2. The highest BCUT2D eigenvalue weighted by Crippen LogP contribution is 2.42. The van der Waals surface area contributed by atoms with Gasteiger partial charge in [-0.15, -0.1) is 8.78 Å². The molecule has 0 aliphatic carbocycles. The molecule has 0 radical (unpaired) electrons. The third-order valence-corrected chi connectivity index (χ3v) is 4.44. The number of carbonyl (C=O) groups excluding carboxylic acids is 1. The van der Waals surface area contributed by atoms with Crippen molar-refractivity contribution in [1.29, 1.82) is 0 Å². The summed E-state index contributed by atoms with van der Waals surface area (Å²) in [5.41, 5.74) is 3.12. The summed E-state index contributed by atoms with van der Waals surface area (Å²) < 4.78 is 36.8. The van der Waals surface area contributed by atoms with Crippen LogP contribution in [0.3, 0.4) is 0 Å². The first-order chi connectivity index (χ1) is 13.3. The number of amides is 1. The predicted octanol–water partition coefficient (Wildman–Crippen LogP) is 4.12. The van der Waals surface area contributed by atoms with Gasteiger partial charge in [-0.05, 0) is 31.5 Å². The Bertz CT molecular complexity index is 1050. The van der Waals surface area contributed by atoms with Gasteiger partial charge < -0.3 is 14.8 Å². The van der Waals surface area contributed by atoms with Crippen LogP contribution in [-0.4, -0.2) is 22.0 Å². The second-order valence-corrected chi connectivity index (χ2v) is 6.47. The van der Waals surface area contributed by atoms with Gasteiger partial charge in [-0.2, -0.15) is 5.10 Å². The molecular weight excluding hydrogens is 368 g/mol. The van der Waals surface area contributed by atoms with E-state index in [4.69, 9.17) is 0 Å². The Kier molecular flexibility index (Phi) is 4.26. The van der Waals surface area contributed by atoms with E-state index in [2.05, 4.69) is 19.9 Å². The Morgan fingerprint density at radius 1 is 1.11 bits per heavy atom. The first kappa shape index (κ1) is 18.0. The lowest BCUT2D eigenvalue weighted by molar-refractivity contribution is -0.286. The number of fused-ring (bicyclic) bond motifs is 1. The minimum Gasteiger partial charge on any atom is -0.395 e. The zero-order chi connectivity index (χ0) is 19.9. The third-order valence-electron chi connectivity index (χ3n) is 4.44. The van der Waals surface area contributed by atoms with Crippen molar-refractivity contribution in [1.82, 2.24) is 9.78 Å². The van der Waals surface area contributed by atoms with Crippen molar-refractivity contribution in [2.45, 2.75) is 26.7 Å². The fourth-order valence-electron chi connectivity index (χ4n) is 3.16. The van der Waals surface area contributed by atoms with Gasteiger partial charge in [0, 0.05) is 17.4 Å². The second kappa shape index (κ2) is 6.63. The summed E-state index contributed by atoms with van der Waals surface area (Å²) in [7, 11) is 0. The molecular formula is C20H17F2N3O3. The minimum absolute atomic E-state index is 0.0777. The molecule has 8 heteroatoms. The Morgan fingerprint density at radius 2 is 1.82 bits per heavy atom. The molecule has 1 amide bonds. The molecule has 0 saturated carbocycles. The average Bonchev–Trinajstić information content (AvgIpc) is 3.09. The number of anilines is 1. The van der Waals surface area contributed by atoms with Crippen LogP contribution in [0.4, 0.5) is 14.5 Å². The van der Waals surface area contributed by atoms with Crippen LogP contribution in [0.1, 0.15) is 27.3 Å². The first-order valence-corrected chi connectivity index (χ1v) is 8.61. The van der Waals surface area contributed by atoms with Gasteiger partial charge >= 0.3 is 6.29 Å². The highest BCUT2D eigenvalue weighted by Gasteiger charge is 2.43. The molecule has 2 heterocycles. The summed E-state index contributed by atoms with van der Waals surface area (Å²) in [6.07, 6.45) is -3.70. The maximum Gasteiger partial charge on any atom is 0.586 e. The van der Waals surface area contributed by atoms with Gasteiger partial charge in [0.15, 0.2) is 11.5 Å². The zero-order valence-electron chi connectivity index (χ0n) is 15.2. The largest absolute Gasteiger partial charge is 0.586 e. The highest BCUT2D eigenvalue weighted by molar-refractivity contribution is 6.06. The van der Waals surface area contributed by atoms with Gasteiger partial charge in [0.2, 0.25) is 0 Å². The summed E-state index contributed by atoms with van der Waals surface area (Å²) in [4.78, 5) is 12.8. The summed E-state index contributed by atoms with van der Waals surface area (Å²) in [6.45, 7) is 4.11. The van der Waals surface area contributed by atoms with Gasteiger partial charge in [-0.3, -0.25) is 9.48 Å². The normalized spacial score (nSPS) is 14.1. The van der Waals surface area contributed by atoms with Gasteiger partial charge in [0.1, 0.15) is 0 Å². The van der Waals surface area contributed by atoms with Crippen molar-refractivity contribution in [2.24, 2.45) is 0 Å². The monoisotopic (exact) mass is 385 g/mol. The van der Waals surface area contributed by atoms with E-state index >= 15 is 0 Å². The molecule has 0 saturated heterocycles. The van der Waals surface area contributed by atoms with Gasteiger partial charge in [-0.25, -0.2) is 0 Å². The summed E-state index contributed by atoms with van der Waals surface area (Å²) in [6, 6.07) is 13.9. The molecule has 144 valence electrons. The molecule has 4 rings (SSSR count). The van der Waals surface area contributed by atoms with Crippen molar-refractivity contribution in [3.8, 4) is 11.5 Å². The molecule has 1 aliphatic rings. The number of nitrogens with one attached hydrogen (secondary N) is 1. The quantitative estimate of drug-likeness (QED) is 0.734. The first-order valence-electron chi connectivity index (χ1n) is 8.61. The maximum absolute atomic E-state index is 13.1. The standard InChI is InChI=1S/C20H17F2N3O3/c1-12-18(13(2)25(24-12)11-14-6-4-3-5-7-14)19(26)23-15-8-9-16-17(10-15)28-20(21,22)27-16/h3-10H,11H2,1-2H3,(H,23,26). The SMILES string of the molecule is Cc1nn(Cc2ccccc2)c(C)c1C(=O)Nc1ccc2c(c1)OC(F)(F)O2. The van der Waals surface area contributed by atoms with Gasteiger partial charge in [-0.1, -0.05) is 30.3 Å². The van der Waals surface area contributed by atoms with Crippen LogP contribution in [-0.2, 0) is 6.54 Å². The average molecular weight is 385 g/mol. The molecule has 6 nitrogen and oxygen atoms in total. The Labute approximate surface area is 159 Å². The van der Waals surface area contributed by atoms with E-state index < -0.39 is 6.29 Å². The van der Waals surface area contributed by atoms with Crippen LogP contribution in [0.2, 0.25) is 0 Å². The molecule has 1 N–H and O–H groups in total. The number of rotatable bonds is 4. The number of hydrogen-bond donors (Lipinski definition) is 1. The molecule has 0 atom stereocenters. The number of carbonyl (C=O) groups is 1. The fraction of sp³-hybridized carbons (Fsp3) is 0.200. The molecule has 2 aromatic carbocycles. The van der Waals surface area contributed by atoms with E-state index in [0.717, 1.165) is 5.56 Å². The lowest BCUT2D eigenvalue weighted by Crippen LogP contribution is -2.25. The lowest BCUT2D eigenvalue weighted by Gasteiger charge is -2.08. The summed E-state index contributed by atoms with van der Waals surface area (Å²) in [5.74, 6) is -0.581. The lowest BCUT2D eigenvalue weighted by atomic mass is 10.1. The Morgan fingerprint density at radius 3 is 2.57 bits per heavy atom. The third kappa shape index (κ3) is 3.40. The topological polar surface area (TPSA) is 65.4 Å². The number of aryl methyl sites for hydroxylation is 1. The van der Waals surface area contributed by atoms with Crippen molar-refractivity contribution in [2.75, 3.05) is 5.32 Å². The maximum atomic E-state index is 13.1.